The number of benzene rings is 7. The standard InChI is InChI=1S/C45H26N4O2/c1-3-12-27(13-4-1)30-18-11-21-37-40(30)34-23-22-29(26-39(34)51-37)44-46-43(28-14-5-2-6-15-28)47-45(48-44)49-35-19-9-7-16-31(35)32-24-25-38-41(42(32)49)33-17-8-10-20-36(33)50-38/h1-26H/i1D,2D,3D,4D,5D,6D,12D,13D,14D,15D. The van der Waals surface area contributed by atoms with Crippen LogP contribution >= 0.6 is 0 Å². The lowest BCUT2D eigenvalue weighted by atomic mass is 9.99. The Kier molecular flexibility index (Phi) is 4.17. The molecule has 0 saturated heterocycles. The van der Waals surface area contributed by atoms with Gasteiger partial charge in [-0.25, -0.2) is 4.98 Å². The van der Waals surface area contributed by atoms with Gasteiger partial charge >= 0.3 is 0 Å². The first kappa shape index (κ1) is 19.8. The molecular weight excluding hydrogens is 629 g/mol. The van der Waals surface area contributed by atoms with Crippen LogP contribution in [-0.4, -0.2) is 19.5 Å². The van der Waals surface area contributed by atoms with Crippen molar-refractivity contribution in [1.29, 1.82) is 0 Å². The van der Waals surface area contributed by atoms with Crippen molar-refractivity contribution in [1.82, 2.24) is 19.5 Å². The Bertz CT molecular complexity index is 3690. The van der Waals surface area contributed by atoms with Gasteiger partial charge in [-0.3, -0.25) is 4.57 Å². The van der Waals surface area contributed by atoms with Gasteiger partial charge < -0.3 is 8.83 Å². The van der Waals surface area contributed by atoms with Gasteiger partial charge in [0.25, 0.3) is 0 Å². The van der Waals surface area contributed by atoms with Gasteiger partial charge in [0, 0.05) is 38.1 Å². The molecule has 238 valence electrons. The molecule has 0 aliphatic carbocycles. The second-order valence-electron chi connectivity index (χ2n) is 12.1. The van der Waals surface area contributed by atoms with Crippen LogP contribution in [0.25, 0.3) is 106 Å². The highest BCUT2D eigenvalue weighted by atomic mass is 16.3. The molecule has 0 spiro atoms. The van der Waals surface area contributed by atoms with Crippen molar-refractivity contribution in [2.75, 3.05) is 0 Å². The van der Waals surface area contributed by atoms with Crippen LogP contribution in [0.5, 0.6) is 0 Å². The quantitative estimate of drug-likeness (QED) is 0.187. The number of aromatic nitrogens is 4. The van der Waals surface area contributed by atoms with E-state index in [4.69, 9.17) is 37.5 Å². The van der Waals surface area contributed by atoms with E-state index in [0.717, 1.165) is 32.6 Å². The SMILES string of the molecule is [2H]c1c([2H])c([2H])c(-c2nc(-c3ccc4c(c3)oc3cccc(-c5c([2H])c([2H])c([2H])c([2H])c5[2H])c34)nc(-n3c4ccccc4c4ccc5oc6ccccc6c5c43)n2)c([2H])c1[2H]. The molecule has 0 amide bonds. The molecule has 0 fully saturated rings. The summed E-state index contributed by atoms with van der Waals surface area (Å²) in [6, 6.07) is 25.0. The molecule has 0 unspecified atom stereocenters. The highest BCUT2D eigenvalue weighted by Crippen LogP contribution is 2.41. The maximum atomic E-state index is 8.89. The van der Waals surface area contributed by atoms with Gasteiger partial charge in [-0.05, 0) is 53.6 Å². The van der Waals surface area contributed by atoms with Crippen LogP contribution in [0.15, 0.2) is 166 Å². The summed E-state index contributed by atoms with van der Waals surface area (Å²) in [5, 5.41) is 4.60. The van der Waals surface area contributed by atoms with Gasteiger partial charge in [0.2, 0.25) is 5.95 Å². The van der Waals surface area contributed by atoms with E-state index in [-0.39, 0.29) is 40.8 Å². The fraction of sp³-hybridized carbons (Fsp3) is 0. The normalized spacial score (nSPS) is 14.7. The van der Waals surface area contributed by atoms with Crippen molar-refractivity contribution < 1.29 is 22.5 Å². The van der Waals surface area contributed by atoms with E-state index >= 15 is 0 Å². The van der Waals surface area contributed by atoms with E-state index < -0.39 is 48.3 Å². The summed E-state index contributed by atoms with van der Waals surface area (Å²) in [7, 11) is 0. The highest BCUT2D eigenvalue weighted by Gasteiger charge is 2.22. The van der Waals surface area contributed by atoms with Gasteiger partial charge in [-0.1, -0.05) is 115 Å². The van der Waals surface area contributed by atoms with Crippen molar-refractivity contribution in [2.45, 2.75) is 0 Å². The molecule has 51 heavy (non-hydrogen) atoms. The minimum atomic E-state index is -0.553. The zero-order valence-corrected chi connectivity index (χ0v) is 26.3. The third kappa shape index (κ3) is 4.20. The fourth-order valence-corrected chi connectivity index (χ4v) is 7.10. The first-order valence-corrected chi connectivity index (χ1v) is 16.1. The maximum Gasteiger partial charge on any atom is 0.238 e. The first-order chi connectivity index (χ1) is 29.4. The molecule has 11 aromatic rings. The van der Waals surface area contributed by atoms with Crippen LogP contribution in [0.4, 0.5) is 0 Å². The Morgan fingerprint density at radius 3 is 1.96 bits per heavy atom. The molecule has 0 saturated carbocycles. The van der Waals surface area contributed by atoms with E-state index in [1.165, 1.54) is 0 Å². The predicted molar refractivity (Wildman–Crippen MR) is 205 cm³/mol. The Morgan fingerprint density at radius 2 is 1.12 bits per heavy atom. The Labute approximate surface area is 304 Å². The molecule has 4 aromatic heterocycles. The highest BCUT2D eigenvalue weighted by molar-refractivity contribution is 6.24. The summed E-state index contributed by atoms with van der Waals surface area (Å²) in [5.41, 5.74) is 4.26. The fourth-order valence-electron chi connectivity index (χ4n) is 7.10. The molecule has 6 nitrogen and oxygen atoms in total. The number of hydrogen-bond donors (Lipinski definition) is 0. The minimum Gasteiger partial charge on any atom is -0.456 e. The summed E-state index contributed by atoms with van der Waals surface area (Å²) in [6.07, 6.45) is 0. The molecule has 0 atom stereocenters. The molecule has 0 bridgehead atoms. The summed E-state index contributed by atoms with van der Waals surface area (Å²) in [4.78, 5) is 14.7. The number of fused-ring (bicyclic) bond motifs is 10. The summed E-state index contributed by atoms with van der Waals surface area (Å²) in [6.45, 7) is 0. The van der Waals surface area contributed by atoms with Crippen LogP contribution in [0, 0.1) is 0 Å². The Hall–Kier alpha value is -7.05. The van der Waals surface area contributed by atoms with E-state index in [9.17, 15) is 0 Å². The second kappa shape index (κ2) is 10.7. The molecule has 7 aromatic carbocycles. The van der Waals surface area contributed by atoms with E-state index in [1.54, 1.807) is 36.4 Å². The average molecular weight is 665 g/mol. The van der Waals surface area contributed by atoms with E-state index in [0.29, 0.717) is 44.2 Å². The van der Waals surface area contributed by atoms with E-state index in [2.05, 4.69) is 0 Å². The smallest absolute Gasteiger partial charge is 0.238 e. The van der Waals surface area contributed by atoms with E-state index in [1.807, 2.05) is 65.2 Å². The van der Waals surface area contributed by atoms with Crippen LogP contribution < -0.4 is 0 Å². The van der Waals surface area contributed by atoms with Gasteiger partial charge in [-0.2, -0.15) is 9.97 Å². The molecule has 0 aliphatic heterocycles. The first-order valence-electron chi connectivity index (χ1n) is 21.1. The summed E-state index contributed by atoms with van der Waals surface area (Å²) in [5.74, 6) is 0.0690. The van der Waals surface area contributed by atoms with Crippen LogP contribution in [-0.2, 0) is 0 Å². The van der Waals surface area contributed by atoms with Crippen molar-refractivity contribution in [3.05, 3.63) is 157 Å². The lowest BCUT2D eigenvalue weighted by Gasteiger charge is -2.11. The van der Waals surface area contributed by atoms with Crippen LogP contribution in [0.2, 0.25) is 0 Å². The third-order valence-corrected chi connectivity index (χ3v) is 9.25. The third-order valence-electron chi connectivity index (χ3n) is 9.25. The van der Waals surface area contributed by atoms with Crippen molar-refractivity contribution >= 4 is 65.7 Å². The van der Waals surface area contributed by atoms with Crippen LogP contribution in [0.3, 0.4) is 0 Å². The Balaban J connectivity index is 1.21. The molecule has 0 N–H and O–H groups in total. The predicted octanol–water partition coefficient (Wildman–Crippen LogP) is 11.8. The maximum absolute atomic E-state index is 8.89. The Morgan fingerprint density at radius 1 is 0.471 bits per heavy atom. The molecule has 4 heterocycles. The number of nitrogens with zero attached hydrogens (tertiary/aromatic N) is 4. The average Bonchev–Trinajstić information content (AvgIpc) is 3.96. The minimum absolute atomic E-state index is 0.0411. The monoisotopic (exact) mass is 664 g/mol. The summed E-state index contributed by atoms with van der Waals surface area (Å²) >= 11 is 0. The zero-order chi connectivity index (χ0) is 42.2. The number of furan rings is 2. The van der Waals surface area contributed by atoms with Gasteiger partial charge in [0.1, 0.15) is 22.3 Å². The number of rotatable bonds is 4. The van der Waals surface area contributed by atoms with Crippen molar-refractivity contribution in [3.8, 4) is 39.9 Å². The van der Waals surface area contributed by atoms with Gasteiger partial charge in [0.05, 0.1) is 30.1 Å². The lowest BCUT2D eigenvalue weighted by Crippen LogP contribution is -2.06. The summed E-state index contributed by atoms with van der Waals surface area (Å²) < 4.78 is 99.6. The van der Waals surface area contributed by atoms with Crippen LogP contribution in [0.1, 0.15) is 13.7 Å². The largest absolute Gasteiger partial charge is 0.456 e. The topological polar surface area (TPSA) is 69.9 Å². The lowest BCUT2D eigenvalue weighted by molar-refractivity contribution is 0.668. The molecule has 0 radical (unpaired) electrons. The van der Waals surface area contributed by atoms with Crippen molar-refractivity contribution in [2.24, 2.45) is 0 Å². The van der Waals surface area contributed by atoms with Crippen molar-refractivity contribution in [3.63, 3.8) is 0 Å². The molecule has 6 heteroatoms. The van der Waals surface area contributed by atoms with Gasteiger partial charge in [0.15, 0.2) is 11.6 Å². The number of hydrogen-bond acceptors (Lipinski definition) is 5. The second-order valence-corrected chi connectivity index (χ2v) is 12.1. The molecular formula is C45H26N4O2. The number of para-hydroxylation sites is 2. The molecule has 0 aliphatic rings. The molecule has 11 rings (SSSR count). The zero-order valence-electron chi connectivity index (χ0n) is 36.3. The van der Waals surface area contributed by atoms with Gasteiger partial charge in [-0.15, -0.1) is 0 Å².